The number of aryl methyl sites for hydroxylation is 1. The molecule has 0 amide bonds. The minimum Gasteiger partial charge on any atom is -0.486 e. The van der Waals surface area contributed by atoms with Crippen LogP contribution in [0.5, 0.6) is 5.75 Å². The van der Waals surface area contributed by atoms with Gasteiger partial charge in [-0.3, -0.25) is 0 Å². The average Bonchev–Trinajstić information content (AvgIpc) is 2.85. The van der Waals surface area contributed by atoms with E-state index in [1.54, 1.807) is 0 Å². The Morgan fingerprint density at radius 3 is 2.58 bits per heavy atom. The molecular weight excluding hydrogens is 240 g/mol. The van der Waals surface area contributed by atoms with E-state index in [1.807, 2.05) is 32.2 Å². The van der Waals surface area contributed by atoms with E-state index in [0.717, 1.165) is 23.6 Å². The van der Waals surface area contributed by atoms with Gasteiger partial charge in [-0.25, -0.2) is 0 Å². The monoisotopic (exact) mass is 260 g/mol. The van der Waals surface area contributed by atoms with Crippen molar-refractivity contribution < 1.29 is 9.26 Å². The quantitative estimate of drug-likeness (QED) is 0.866. The van der Waals surface area contributed by atoms with Crippen molar-refractivity contribution in [2.45, 2.75) is 32.9 Å². The number of ether oxygens (including phenoxy) is 1. The number of benzene rings is 1. The zero-order valence-corrected chi connectivity index (χ0v) is 11.6. The van der Waals surface area contributed by atoms with Crippen LogP contribution >= 0.6 is 0 Å². The Bertz CT molecular complexity index is 501. The Kier molecular flexibility index (Phi) is 4.58. The minimum absolute atomic E-state index is 0.394. The van der Waals surface area contributed by atoms with E-state index in [9.17, 15) is 0 Å². The normalized spacial score (nSPS) is 12.4. The van der Waals surface area contributed by atoms with Crippen molar-refractivity contribution in [3.8, 4) is 5.75 Å². The van der Waals surface area contributed by atoms with Crippen LogP contribution in [-0.4, -0.2) is 12.2 Å². The molecule has 2 aromatic rings. The van der Waals surface area contributed by atoms with E-state index in [4.69, 9.17) is 9.26 Å². The number of hydrogen-bond acceptors (Lipinski definition) is 4. The molecule has 0 spiro atoms. The van der Waals surface area contributed by atoms with Gasteiger partial charge in [-0.15, -0.1) is 0 Å². The maximum atomic E-state index is 5.65. The Morgan fingerprint density at radius 1 is 1.32 bits per heavy atom. The van der Waals surface area contributed by atoms with Gasteiger partial charge < -0.3 is 14.6 Å². The number of nitrogens with one attached hydrogen (secondary N) is 1. The van der Waals surface area contributed by atoms with Crippen LogP contribution in [0.1, 0.15) is 36.4 Å². The summed E-state index contributed by atoms with van der Waals surface area (Å²) >= 11 is 0. The van der Waals surface area contributed by atoms with Crippen LogP contribution < -0.4 is 10.1 Å². The summed E-state index contributed by atoms with van der Waals surface area (Å²) in [6.45, 7) is 4.46. The number of hydrogen-bond donors (Lipinski definition) is 1. The molecule has 2 rings (SSSR count). The van der Waals surface area contributed by atoms with Gasteiger partial charge in [-0.1, -0.05) is 24.2 Å². The summed E-state index contributed by atoms with van der Waals surface area (Å²) in [4.78, 5) is 0. The lowest BCUT2D eigenvalue weighted by atomic mass is 10.1. The summed E-state index contributed by atoms with van der Waals surface area (Å²) in [5.41, 5.74) is 2.14. The lowest BCUT2D eigenvalue weighted by Crippen LogP contribution is -2.14. The highest BCUT2D eigenvalue weighted by Crippen LogP contribution is 2.20. The average molecular weight is 260 g/mol. The summed E-state index contributed by atoms with van der Waals surface area (Å²) < 4.78 is 10.8. The van der Waals surface area contributed by atoms with Crippen molar-refractivity contribution in [2.75, 3.05) is 7.05 Å². The molecule has 0 saturated heterocycles. The lowest BCUT2D eigenvalue weighted by molar-refractivity contribution is 0.248. The van der Waals surface area contributed by atoms with Crippen molar-refractivity contribution in [3.05, 3.63) is 47.3 Å². The molecule has 102 valence electrons. The fourth-order valence-corrected chi connectivity index (χ4v) is 2.04. The molecule has 4 nitrogen and oxygen atoms in total. The maximum absolute atomic E-state index is 5.65. The van der Waals surface area contributed by atoms with Crippen LogP contribution in [0.4, 0.5) is 0 Å². The molecule has 4 heteroatoms. The summed E-state index contributed by atoms with van der Waals surface area (Å²) in [5.74, 6) is 1.58. The molecule has 1 N–H and O–H groups in total. The fraction of sp³-hybridized carbons (Fsp3) is 0.400. The molecule has 0 aliphatic rings. The first-order valence-corrected chi connectivity index (χ1v) is 6.55. The first-order chi connectivity index (χ1) is 9.22. The van der Waals surface area contributed by atoms with E-state index >= 15 is 0 Å². The maximum Gasteiger partial charge on any atom is 0.174 e. The Labute approximate surface area is 113 Å². The molecule has 1 aromatic heterocycles. The topological polar surface area (TPSA) is 47.3 Å². The summed E-state index contributed by atoms with van der Waals surface area (Å²) in [6, 6.07) is 10.4. The summed E-state index contributed by atoms with van der Waals surface area (Å²) in [7, 11) is 1.98. The fourth-order valence-electron chi connectivity index (χ4n) is 2.04. The van der Waals surface area contributed by atoms with E-state index in [0.29, 0.717) is 12.6 Å². The van der Waals surface area contributed by atoms with Gasteiger partial charge in [-0.05, 0) is 38.1 Å². The molecule has 0 aliphatic carbocycles. The zero-order chi connectivity index (χ0) is 13.7. The predicted molar refractivity (Wildman–Crippen MR) is 74.1 cm³/mol. The van der Waals surface area contributed by atoms with Crippen LogP contribution in [0.25, 0.3) is 0 Å². The molecule has 0 bridgehead atoms. The van der Waals surface area contributed by atoms with Crippen LogP contribution in [0, 0.1) is 6.92 Å². The molecule has 1 atom stereocenters. The van der Waals surface area contributed by atoms with Gasteiger partial charge in [-0.2, -0.15) is 0 Å². The lowest BCUT2D eigenvalue weighted by Gasteiger charge is -2.14. The van der Waals surface area contributed by atoms with Crippen molar-refractivity contribution in [1.82, 2.24) is 10.5 Å². The highest BCUT2D eigenvalue weighted by molar-refractivity contribution is 5.29. The molecular formula is C15H20N2O2. The summed E-state index contributed by atoms with van der Waals surface area (Å²) in [5, 5.41) is 7.11. The van der Waals surface area contributed by atoms with E-state index in [-0.39, 0.29) is 0 Å². The second-order valence-electron chi connectivity index (χ2n) is 4.54. The number of nitrogens with zero attached hydrogens (tertiary/aromatic N) is 1. The molecule has 0 radical (unpaired) electrons. The van der Waals surface area contributed by atoms with Crippen molar-refractivity contribution in [2.24, 2.45) is 0 Å². The van der Waals surface area contributed by atoms with Gasteiger partial charge in [0.25, 0.3) is 0 Å². The first kappa shape index (κ1) is 13.6. The third-order valence-electron chi connectivity index (χ3n) is 3.10. The molecule has 0 aliphatic heterocycles. The molecule has 1 heterocycles. The predicted octanol–water partition coefficient (Wildman–Crippen LogP) is 3.23. The van der Waals surface area contributed by atoms with Gasteiger partial charge in [0.1, 0.15) is 12.4 Å². The van der Waals surface area contributed by atoms with Crippen LogP contribution in [0.2, 0.25) is 0 Å². The number of aromatic nitrogens is 1. The third-order valence-corrected chi connectivity index (χ3v) is 3.10. The minimum atomic E-state index is 0.394. The molecule has 1 aromatic carbocycles. The van der Waals surface area contributed by atoms with Crippen molar-refractivity contribution in [3.63, 3.8) is 0 Å². The van der Waals surface area contributed by atoms with Crippen LogP contribution in [0.15, 0.2) is 34.9 Å². The second-order valence-corrected chi connectivity index (χ2v) is 4.54. The van der Waals surface area contributed by atoms with Crippen LogP contribution in [-0.2, 0) is 6.61 Å². The summed E-state index contributed by atoms with van der Waals surface area (Å²) in [6.07, 6.45) is 1.06. The first-order valence-electron chi connectivity index (χ1n) is 6.55. The SMILES string of the molecule is CCC(NC)c1ccc(OCc2cc(C)no2)cc1. The Morgan fingerprint density at radius 2 is 2.05 bits per heavy atom. The highest BCUT2D eigenvalue weighted by atomic mass is 16.5. The smallest absolute Gasteiger partial charge is 0.174 e. The van der Waals surface area contributed by atoms with E-state index < -0.39 is 0 Å². The van der Waals surface area contributed by atoms with E-state index in [2.05, 4.69) is 29.5 Å². The third kappa shape index (κ3) is 3.58. The van der Waals surface area contributed by atoms with Crippen molar-refractivity contribution in [1.29, 1.82) is 0 Å². The van der Waals surface area contributed by atoms with Gasteiger partial charge in [0.15, 0.2) is 5.76 Å². The van der Waals surface area contributed by atoms with E-state index in [1.165, 1.54) is 5.56 Å². The van der Waals surface area contributed by atoms with Gasteiger partial charge >= 0.3 is 0 Å². The highest BCUT2D eigenvalue weighted by Gasteiger charge is 2.06. The number of rotatable bonds is 6. The molecule has 1 unspecified atom stereocenters. The zero-order valence-electron chi connectivity index (χ0n) is 11.6. The van der Waals surface area contributed by atoms with Gasteiger partial charge in [0.2, 0.25) is 0 Å². The van der Waals surface area contributed by atoms with Gasteiger partial charge in [0, 0.05) is 12.1 Å². The molecule has 0 fully saturated rings. The second kappa shape index (κ2) is 6.38. The Balaban J connectivity index is 1.95. The Hall–Kier alpha value is -1.81. The molecule has 19 heavy (non-hydrogen) atoms. The standard InChI is InChI=1S/C15H20N2O2/c1-4-15(16-3)12-5-7-13(8-6-12)18-10-14-9-11(2)17-19-14/h5-9,15-16H,4,10H2,1-3H3. The largest absolute Gasteiger partial charge is 0.486 e. The van der Waals surface area contributed by atoms with Gasteiger partial charge in [0.05, 0.1) is 5.69 Å². The molecule has 0 saturated carbocycles. The van der Waals surface area contributed by atoms with Crippen molar-refractivity contribution >= 4 is 0 Å². The van der Waals surface area contributed by atoms with Crippen LogP contribution in [0.3, 0.4) is 0 Å².